The number of alkyl halides is 1. The zero-order valence-corrected chi connectivity index (χ0v) is 14.7. The average molecular weight is 395 g/mol. The van der Waals surface area contributed by atoms with Gasteiger partial charge in [-0.15, -0.1) is 22.9 Å². The van der Waals surface area contributed by atoms with Crippen molar-refractivity contribution in [1.29, 1.82) is 0 Å². The van der Waals surface area contributed by atoms with E-state index < -0.39 is 10.0 Å². The highest BCUT2D eigenvalue weighted by atomic mass is 79.9. The number of nitrogens with zero attached hydrogens (tertiary/aromatic N) is 1. The van der Waals surface area contributed by atoms with Crippen molar-refractivity contribution >= 4 is 48.9 Å². The van der Waals surface area contributed by atoms with Crippen LogP contribution in [-0.4, -0.2) is 19.8 Å². The summed E-state index contributed by atoms with van der Waals surface area (Å²) in [5, 5.41) is 1.75. The fourth-order valence-corrected chi connectivity index (χ4v) is 4.85. The molecule has 0 amide bonds. The quantitative estimate of drug-likeness (QED) is 0.717. The lowest BCUT2D eigenvalue weighted by Gasteiger charge is -2.17. The van der Waals surface area contributed by atoms with Crippen molar-refractivity contribution in [2.75, 3.05) is 7.05 Å². The zero-order chi connectivity index (χ0) is 14.8. The van der Waals surface area contributed by atoms with Crippen LogP contribution in [-0.2, 0) is 22.4 Å². The van der Waals surface area contributed by atoms with Gasteiger partial charge in [0.2, 0.25) is 10.0 Å². The first-order chi connectivity index (χ1) is 9.45. The van der Waals surface area contributed by atoms with Crippen LogP contribution in [0, 0.1) is 0 Å². The fraction of sp³-hybridized carbons (Fsp3) is 0.231. The second kappa shape index (κ2) is 6.58. The number of sulfonamides is 1. The summed E-state index contributed by atoms with van der Waals surface area (Å²) in [5.74, 6) is 0.207. The van der Waals surface area contributed by atoms with Gasteiger partial charge in [-0.25, -0.2) is 8.42 Å². The molecule has 108 valence electrons. The highest BCUT2D eigenvalue weighted by molar-refractivity contribution is 9.10. The van der Waals surface area contributed by atoms with Gasteiger partial charge in [-0.3, -0.25) is 0 Å². The van der Waals surface area contributed by atoms with Gasteiger partial charge < -0.3 is 0 Å². The summed E-state index contributed by atoms with van der Waals surface area (Å²) in [6, 6.07) is 9.18. The summed E-state index contributed by atoms with van der Waals surface area (Å²) < 4.78 is 27.3. The summed E-state index contributed by atoms with van der Waals surface area (Å²) in [6.07, 6.45) is 0. The van der Waals surface area contributed by atoms with Gasteiger partial charge in [-0.1, -0.05) is 28.1 Å². The number of thiophene rings is 1. The molecule has 2 aromatic rings. The van der Waals surface area contributed by atoms with Gasteiger partial charge in [0.25, 0.3) is 0 Å². The molecule has 0 radical (unpaired) electrons. The Morgan fingerprint density at radius 2 is 1.90 bits per heavy atom. The average Bonchev–Trinajstić information content (AvgIpc) is 2.90. The van der Waals surface area contributed by atoms with Crippen LogP contribution >= 0.6 is 38.9 Å². The molecule has 7 heteroatoms. The van der Waals surface area contributed by atoms with E-state index in [1.54, 1.807) is 18.5 Å². The van der Waals surface area contributed by atoms with Crippen molar-refractivity contribution in [3.8, 4) is 0 Å². The maximum absolute atomic E-state index is 12.5. The predicted octanol–water partition coefficient (Wildman–Crippen LogP) is 4.07. The molecule has 0 atom stereocenters. The van der Waals surface area contributed by atoms with Gasteiger partial charge in [0.15, 0.2) is 0 Å². The Morgan fingerprint density at radius 1 is 1.25 bits per heavy atom. The van der Waals surface area contributed by atoms with E-state index >= 15 is 0 Å². The minimum Gasteiger partial charge on any atom is -0.207 e. The lowest BCUT2D eigenvalue weighted by molar-refractivity contribution is 0.466. The maximum Gasteiger partial charge on any atom is 0.244 e. The third-order valence-electron chi connectivity index (χ3n) is 2.83. The van der Waals surface area contributed by atoms with Crippen molar-refractivity contribution in [2.45, 2.75) is 17.3 Å². The molecule has 20 heavy (non-hydrogen) atoms. The molecule has 1 aromatic carbocycles. The van der Waals surface area contributed by atoms with Crippen molar-refractivity contribution < 1.29 is 8.42 Å². The lowest BCUT2D eigenvalue weighted by atomic mass is 10.2. The molecule has 2 rings (SSSR count). The van der Waals surface area contributed by atoms with Crippen molar-refractivity contribution in [1.82, 2.24) is 4.31 Å². The third kappa shape index (κ3) is 3.43. The Morgan fingerprint density at radius 3 is 2.50 bits per heavy atom. The van der Waals surface area contributed by atoms with E-state index in [2.05, 4.69) is 15.9 Å². The van der Waals surface area contributed by atoms with Crippen LogP contribution < -0.4 is 0 Å². The van der Waals surface area contributed by atoms with E-state index in [-0.39, 0.29) is 5.88 Å². The Labute approximate surface area is 136 Å². The van der Waals surface area contributed by atoms with Crippen LogP contribution in [0.5, 0.6) is 0 Å². The molecular weight excluding hydrogens is 382 g/mol. The Bertz CT molecular complexity index is 683. The van der Waals surface area contributed by atoms with E-state index in [1.165, 1.54) is 15.6 Å². The van der Waals surface area contributed by atoms with Crippen molar-refractivity contribution in [3.05, 3.63) is 50.6 Å². The molecule has 0 aliphatic heterocycles. The number of hydrogen-bond acceptors (Lipinski definition) is 3. The summed E-state index contributed by atoms with van der Waals surface area (Å²) in [6.45, 7) is 0.327. The summed E-state index contributed by atoms with van der Waals surface area (Å²) >= 11 is 10.5. The lowest BCUT2D eigenvalue weighted by Crippen LogP contribution is -2.26. The van der Waals surface area contributed by atoms with E-state index in [1.807, 2.05) is 24.3 Å². The normalized spacial score (nSPS) is 12.0. The predicted molar refractivity (Wildman–Crippen MR) is 86.7 cm³/mol. The smallest absolute Gasteiger partial charge is 0.207 e. The number of rotatable bonds is 5. The third-order valence-corrected chi connectivity index (χ3v) is 6.73. The Balaban J connectivity index is 2.23. The van der Waals surface area contributed by atoms with E-state index in [0.29, 0.717) is 16.3 Å². The van der Waals surface area contributed by atoms with Crippen molar-refractivity contribution in [2.24, 2.45) is 0 Å². The number of hydrogen-bond donors (Lipinski definition) is 0. The summed E-state index contributed by atoms with van der Waals surface area (Å²) in [7, 11) is -1.92. The standard InChI is InChI=1S/C13H13BrClNO2S2/c1-16(9-10-2-4-11(14)5-3-10)20(17,18)13-6-7-19-12(13)8-15/h2-7H,8-9H2,1H3. The highest BCUT2D eigenvalue weighted by Crippen LogP contribution is 2.27. The Kier molecular flexibility index (Phi) is 5.25. The van der Waals surface area contributed by atoms with Crippen molar-refractivity contribution in [3.63, 3.8) is 0 Å². The van der Waals surface area contributed by atoms with Gasteiger partial charge in [-0.2, -0.15) is 4.31 Å². The molecule has 3 nitrogen and oxygen atoms in total. The summed E-state index contributed by atoms with van der Waals surface area (Å²) in [5.41, 5.74) is 0.932. The van der Waals surface area contributed by atoms with E-state index in [0.717, 1.165) is 10.0 Å². The molecular formula is C13H13BrClNO2S2. The first kappa shape index (κ1) is 16.0. The fourth-order valence-electron chi connectivity index (χ4n) is 1.76. The van der Waals surface area contributed by atoms with E-state index in [9.17, 15) is 8.42 Å². The second-order valence-electron chi connectivity index (χ2n) is 4.23. The van der Waals surface area contributed by atoms with Gasteiger partial charge in [0.05, 0.1) is 10.8 Å². The van der Waals surface area contributed by atoms with Crippen LogP contribution in [0.1, 0.15) is 10.4 Å². The zero-order valence-electron chi connectivity index (χ0n) is 10.7. The molecule has 0 saturated carbocycles. The molecule has 0 aliphatic carbocycles. The van der Waals surface area contributed by atoms with Gasteiger partial charge in [-0.05, 0) is 29.1 Å². The molecule has 0 spiro atoms. The van der Waals surface area contributed by atoms with E-state index in [4.69, 9.17) is 11.6 Å². The minimum absolute atomic E-state index is 0.207. The maximum atomic E-state index is 12.5. The molecule has 1 heterocycles. The molecule has 1 aromatic heterocycles. The molecule has 0 unspecified atom stereocenters. The molecule has 0 bridgehead atoms. The van der Waals surface area contributed by atoms with Gasteiger partial charge in [0, 0.05) is 22.9 Å². The Hall–Kier alpha value is -0.400. The first-order valence-corrected chi connectivity index (χ1v) is 9.43. The number of halogens is 2. The SMILES string of the molecule is CN(Cc1ccc(Br)cc1)S(=O)(=O)c1ccsc1CCl. The molecule has 0 N–H and O–H groups in total. The van der Waals surface area contributed by atoms with Crippen LogP contribution in [0.3, 0.4) is 0 Å². The summed E-state index contributed by atoms with van der Waals surface area (Å²) in [4.78, 5) is 0.978. The van der Waals surface area contributed by atoms with Crippen LogP contribution in [0.25, 0.3) is 0 Å². The number of benzene rings is 1. The first-order valence-electron chi connectivity index (χ1n) is 5.78. The van der Waals surface area contributed by atoms with Crippen LogP contribution in [0.15, 0.2) is 45.1 Å². The monoisotopic (exact) mass is 393 g/mol. The van der Waals surface area contributed by atoms with Gasteiger partial charge in [0.1, 0.15) is 0 Å². The topological polar surface area (TPSA) is 37.4 Å². The van der Waals surface area contributed by atoms with Crippen LogP contribution in [0.2, 0.25) is 0 Å². The molecule has 0 saturated heterocycles. The second-order valence-corrected chi connectivity index (χ2v) is 8.43. The minimum atomic E-state index is -3.50. The van der Waals surface area contributed by atoms with Crippen LogP contribution in [0.4, 0.5) is 0 Å². The largest absolute Gasteiger partial charge is 0.244 e. The van der Waals surface area contributed by atoms with Gasteiger partial charge >= 0.3 is 0 Å². The molecule has 0 aliphatic rings. The highest BCUT2D eigenvalue weighted by Gasteiger charge is 2.24. The molecule has 0 fully saturated rings.